The fourth-order valence-corrected chi connectivity index (χ4v) is 2.44. The molecule has 0 fully saturated rings. The summed E-state index contributed by atoms with van der Waals surface area (Å²) in [4.78, 5) is 11.0. The van der Waals surface area contributed by atoms with E-state index in [2.05, 4.69) is 10.2 Å². The van der Waals surface area contributed by atoms with Crippen molar-refractivity contribution in [2.24, 2.45) is 0 Å². The van der Waals surface area contributed by atoms with Gasteiger partial charge in [0.25, 0.3) is 0 Å². The topological polar surface area (TPSA) is 112 Å². The molecule has 7 nitrogen and oxygen atoms in total. The number of rotatable bonds is 2. The van der Waals surface area contributed by atoms with E-state index in [0.29, 0.717) is 33.2 Å². The van der Waals surface area contributed by atoms with Crippen LogP contribution >= 0.6 is 0 Å². The standard InChI is InChI=1S/C14H8N2O5/c17-11-7-2-4-20-12(7)10(6-1-3-21-13(6)11)8-5-9(14(18)19)16-15-8/h1-5,17H,(H,15,16)(H,18,19). The molecule has 3 aromatic heterocycles. The van der Waals surface area contributed by atoms with Crippen molar-refractivity contribution >= 4 is 27.9 Å². The molecule has 0 aliphatic carbocycles. The Bertz CT molecular complexity index is 940. The number of carboxylic acid groups (broad SMARTS) is 1. The maximum Gasteiger partial charge on any atom is 0.353 e. The van der Waals surface area contributed by atoms with Crippen LogP contribution in [0.5, 0.6) is 5.75 Å². The van der Waals surface area contributed by atoms with Crippen molar-refractivity contribution in [2.75, 3.05) is 0 Å². The van der Waals surface area contributed by atoms with E-state index in [0.717, 1.165) is 0 Å². The zero-order valence-electron chi connectivity index (χ0n) is 10.5. The highest BCUT2D eigenvalue weighted by molar-refractivity contribution is 6.12. The Kier molecular flexibility index (Phi) is 2.15. The summed E-state index contributed by atoms with van der Waals surface area (Å²) in [5, 5.41) is 26.7. The van der Waals surface area contributed by atoms with E-state index in [1.54, 1.807) is 12.1 Å². The van der Waals surface area contributed by atoms with Crippen LogP contribution in [0.4, 0.5) is 0 Å². The number of H-pyrrole nitrogens is 1. The third-order valence-corrected chi connectivity index (χ3v) is 3.36. The minimum Gasteiger partial charge on any atom is -0.504 e. The van der Waals surface area contributed by atoms with Gasteiger partial charge >= 0.3 is 5.97 Å². The summed E-state index contributed by atoms with van der Waals surface area (Å²) in [5.74, 6) is -1.12. The molecular weight excluding hydrogens is 276 g/mol. The average molecular weight is 284 g/mol. The van der Waals surface area contributed by atoms with Crippen molar-refractivity contribution in [1.29, 1.82) is 0 Å². The van der Waals surface area contributed by atoms with Gasteiger partial charge in [-0.1, -0.05) is 0 Å². The average Bonchev–Trinajstić information content (AvgIpc) is 3.19. The van der Waals surface area contributed by atoms with Crippen LogP contribution in [0, 0.1) is 0 Å². The number of aromatic hydroxyl groups is 1. The molecule has 3 heterocycles. The van der Waals surface area contributed by atoms with Gasteiger partial charge in [-0.15, -0.1) is 0 Å². The number of benzene rings is 1. The molecule has 0 radical (unpaired) electrons. The molecule has 0 aliphatic heterocycles. The number of aromatic amines is 1. The van der Waals surface area contributed by atoms with Crippen molar-refractivity contribution in [2.45, 2.75) is 0 Å². The Balaban J connectivity index is 2.13. The first-order valence-electron chi connectivity index (χ1n) is 6.05. The van der Waals surface area contributed by atoms with E-state index in [1.807, 2.05) is 0 Å². The summed E-state index contributed by atoms with van der Waals surface area (Å²) in [6, 6.07) is 4.69. The number of hydrogen-bond acceptors (Lipinski definition) is 5. The number of nitrogens with one attached hydrogen (secondary N) is 1. The molecule has 0 saturated carbocycles. The number of fused-ring (bicyclic) bond motifs is 2. The Hall–Kier alpha value is -3.22. The number of carbonyl (C=O) groups is 1. The van der Waals surface area contributed by atoms with Crippen LogP contribution in [-0.2, 0) is 0 Å². The number of phenols is 1. The highest BCUT2D eigenvalue weighted by atomic mass is 16.4. The van der Waals surface area contributed by atoms with Crippen molar-refractivity contribution in [1.82, 2.24) is 10.2 Å². The Labute approximate surface area is 116 Å². The number of hydrogen-bond donors (Lipinski definition) is 3. The third-order valence-electron chi connectivity index (χ3n) is 3.36. The zero-order valence-corrected chi connectivity index (χ0v) is 10.5. The van der Waals surface area contributed by atoms with Gasteiger partial charge in [0.1, 0.15) is 11.3 Å². The van der Waals surface area contributed by atoms with E-state index in [9.17, 15) is 9.90 Å². The predicted octanol–water partition coefficient (Wildman–Crippen LogP) is 2.97. The van der Waals surface area contributed by atoms with Gasteiger partial charge in [0.15, 0.2) is 11.3 Å². The van der Waals surface area contributed by atoms with E-state index < -0.39 is 5.97 Å². The van der Waals surface area contributed by atoms with Gasteiger partial charge in [-0.05, 0) is 18.2 Å². The summed E-state index contributed by atoms with van der Waals surface area (Å²) < 4.78 is 10.7. The number of nitrogens with zero attached hydrogens (tertiary/aromatic N) is 1. The maximum absolute atomic E-state index is 11.0. The quantitative estimate of drug-likeness (QED) is 0.521. The number of phenolic OH excluding ortho intramolecular Hbond substituents is 1. The third kappa shape index (κ3) is 1.48. The normalized spacial score (nSPS) is 11.4. The molecule has 0 unspecified atom stereocenters. The molecular formula is C14H8N2O5. The molecule has 0 aliphatic rings. The van der Waals surface area contributed by atoms with Crippen LogP contribution in [0.3, 0.4) is 0 Å². The first kappa shape index (κ1) is 11.6. The largest absolute Gasteiger partial charge is 0.504 e. The van der Waals surface area contributed by atoms with E-state index in [4.69, 9.17) is 13.9 Å². The summed E-state index contributed by atoms with van der Waals surface area (Å²) in [5.41, 5.74) is 1.66. The van der Waals surface area contributed by atoms with E-state index in [1.165, 1.54) is 18.6 Å². The molecule has 3 N–H and O–H groups in total. The number of aromatic nitrogens is 2. The van der Waals surface area contributed by atoms with E-state index >= 15 is 0 Å². The molecule has 4 rings (SSSR count). The van der Waals surface area contributed by atoms with Crippen molar-refractivity contribution in [3.63, 3.8) is 0 Å². The molecule has 104 valence electrons. The second kappa shape index (κ2) is 3.89. The molecule has 0 amide bonds. The maximum atomic E-state index is 11.0. The van der Waals surface area contributed by atoms with Crippen LogP contribution in [0.25, 0.3) is 33.2 Å². The Morgan fingerprint density at radius 1 is 1.14 bits per heavy atom. The Morgan fingerprint density at radius 2 is 1.86 bits per heavy atom. The van der Waals surface area contributed by atoms with Gasteiger partial charge in [0.05, 0.1) is 29.2 Å². The highest BCUT2D eigenvalue weighted by Crippen LogP contribution is 2.42. The van der Waals surface area contributed by atoms with Gasteiger partial charge in [0.2, 0.25) is 0 Å². The van der Waals surface area contributed by atoms with Crippen LogP contribution in [0.1, 0.15) is 10.5 Å². The second-order valence-corrected chi connectivity index (χ2v) is 4.52. The predicted molar refractivity (Wildman–Crippen MR) is 72.2 cm³/mol. The number of carboxylic acids is 1. The lowest BCUT2D eigenvalue weighted by molar-refractivity contribution is 0.0690. The molecule has 7 heteroatoms. The summed E-state index contributed by atoms with van der Waals surface area (Å²) in [6.07, 6.45) is 2.88. The molecule has 21 heavy (non-hydrogen) atoms. The Morgan fingerprint density at radius 3 is 2.57 bits per heavy atom. The smallest absolute Gasteiger partial charge is 0.353 e. The molecule has 0 saturated heterocycles. The van der Waals surface area contributed by atoms with Gasteiger partial charge in [0, 0.05) is 5.39 Å². The lowest BCUT2D eigenvalue weighted by atomic mass is 10.0. The SMILES string of the molecule is O=C(O)c1cc(-c2c3ccoc3c(O)c3ccoc23)n[nH]1. The van der Waals surface area contributed by atoms with Crippen LogP contribution in [0.15, 0.2) is 39.6 Å². The summed E-state index contributed by atoms with van der Waals surface area (Å²) in [6.45, 7) is 0. The second-order valence-electron chi connectivity index (χ2n) is 4.52. The number of furan rings is 2. The van der Waals surface area contributed by atoms with Gasteiger partial charge in [-0.25, -0.2) is 4.79 Å². The molecule has 0 atom stereocenters. The first-order chi connectivity index (χ1) is 10.2. The first-order valence-corrected chi connectivity index (χ1v) is 6.05. The lowest BCUT2D eigenvalue weighted by Crippen LogP contribution is -1.95. The summed E-state index contributed by atoms with van der Waals surface area (Å²) >= 11 is 0. The minimum absolute atomic E-state index is 0.0171. The van der Waals surface area contributed by atoms with Crippen molar-refractivity contribution < 1.29 is 23.8 Å². The van der Waals surface area contributed by atoms with Gasteiger partial charge < -0.3 is 19.0 Å². The monoisotopic (exact) mass is 284 g/mol. The zero-order chi connectivity index (χ0) is 14.6. The molecule has 1 aromatic carbocycles. The van der Waals surface area contributed by atoms with E-state index in [-0.39, 0.29) is 11.4 Å². The fourth-order valence-electron chi connectivity index (χ4n) is 2.44. The molecule has 0 bridgehead atoms. The van der Waals surface area contributed by atoms with Crippen LogP contribution in [-0.4, -0.2) is 26.4 Å². The summed E-state index contributed by atoms with van der Waals surface area (Å²) in [7, 11) is 0. The van der Waals surface area contributed by atoms with Gasteiger partial charge in [-0.3, -0.25) is 5.10 Å². The number of aromatic carboxylic acids is 1. The van der Waals surface area contributed by atoms with Crippen molar-refractivity contribution in [3.05, 3.63) is 36.4 Å². The van der Waals surface area contributed by atoms with Crippen LogP contribution < -0.4 is 0 Å². The van der Waals surface area contributed by atoms with Crippen molar-refractivity contribution in [3.8, 4) is 17.0 Å². The minimum atomic E-state index is -1.10. The molecule has 0 spiro atoms. The highest BCUT2D eigenvalue weighted by Gasteiger charge is 2.21. The lowest BCUT2D eigenvalue weighted by Gasteiger charge is -2.03. The van der Waals surface area contributed by atoms with Crippen LogP contribution in [0.2, 0.25) is 0 Å². The fraction of sp³-hybridized carbons (Fsp3) is 0. The molecule has 4 aromatic rings. The van der Waals surface area contributed by atoms with Gasteiger partial charge in [-0.2, -0.15) is 5.10 Å².